The second-order valence-corrected chi connectivity index (χ2v) is 8.55. The Morgan fingerprint density at radius 1 is 1.27 bits per heavy atom. The van der Waals surface area contributed by atoms with Crippen LogP contribution < -0.4 is 11.1 Å². The topological polar surface area (TPSA) is 80.5 Å². The number of nitrogens with one attached hydrogen (secondary N) is 1. The number of para-hydroxylation sites is 1. The zero-order chi connectivity index (χ0) is 20.9. The van der Waals surface area contributed by atoms with Gasteiger partial charge < -0.3 is 15.4 Å². The molecule has 6 nitrogen and oxygen atoms in total. The molecule has 3 N–H and O–H groups in total. The summed E-state index contributed by atoms with van der Waals surface area (Å²) in [6.45, 7) is 3.26. The lowest BCUT2D eigenvalue weighted by Gasteiger charge is -2.30. The molecule has 1 saturated heterocycles. The van der Waals surface area contributed by atoms with Gasteiger partial charge in [0.25, 0.3) is 0 Å². The van der Waals surface area contributed by atoms with Crippen molar-refractivity contribution in [1.82, 2.24) is 9.88 Å². The number of benzene rings is 2. The number of nitrogens with two attached hydrogens (primary N) is 1. The zero-order valence-electron chi connectivity index (χ0n) is 16.6. The van der Waals surface area contributed by atoms with Crippen LogP contribution in [0.25, 0.3) is 10.2 Å². The Hall–Kier alpha value is -2.71. The predicted molar refractivity (Wildman–Crippen MR) is 118 cm³/mol. The van der Waals surface area contributed by atoms with Gasteiger partial charge in [0.05, 0.1) is 27.5 Å². The van der Waals surface area contributed by atoms with Gasteiger partial charge in [-0.2, -0.15) is 0 Å². The molecule has 0 unspecified atom stereocenters. The molecule has 158 valence electrons. The molecule has 0 radical (unpaired) electrons. The molecule has 2 heterocycles. The number of amides is 1. The van der Waals surface area contributed by atoms with E-state index in [-0.39, 0.29) is 5.69 Å². The summed E-state index contributed by atoms with van der Waals surface area (Å²) >= 11 is 1.81. The van der Waals surface area contributed by atoms with E-state index in [2.05, 4.69) is 28.4 Å². The summed E-state index contributed by atoms with van der Waals surface area (Å²) in [6, 6.07) is 12.4. The highest BCUT2D eigenvalue weighted by molar-refractivity contribution is 7.18. The van der Waals surface area contributed by atoms with E-state index in [4.69, 9.17) is 15.5 Å². The highest BCUT2D eigenvalue weighted by Crippen LogP contribution is 2.33. The van der Waals surface area contributed by atoms with Gasteiger partial charge in [-0.25, -0.2) is 14.2 Å². The Kier molecular flexibility index (Phi) is 6.44. The standard InChI is InChI=1S/C22H25FN4O2S/c23-17-14-16(6-7-18(17)24)25-22(28)29-13-3-10-27-11-8-15(9-12-27)21-26-19-4-1-2-5-20(19)30-21/h1-2,4-7,14-15H,3,8-13,24H2,(H,25,28). The first kappa shape index (κ1) is 20.6. The SMILES string of the molecule is Nc1ccc(NC(=O)OCCCN2CCC(c3nc4ccccc4s3)CC2)cc1F. The Morgan fingerprint density at radius 3 is 2.83 bits per heavy atom. The highest BCUT2D eigenvalue weighted by atomic mass is 32.1. The van der Waals surface area contributed by atoms with E-state index in [9.17, 15) is 9.18 Å². The molecule has 8 heteroatoms. The van der Waals surface area contributed by atoms with E-state index < -0.39 is 11.9 Å². The first-order valence-electron chi connectivity index (χ1n) is 10.1. The minimum atomic E-state index is -0.589. The van der Waals surface area contributed by atoms with Crippen LogP contribution in [0.15, 0.2) is 42.5 Å². The molecule has 2 aromatic carbocycles. The van der Waals surface area contributed by atoms with Crippen molar-refractivity contribution in [2.75, 3.05) is 37.3 Å². The normalized spacial score (nSPS) is 15.4. The third kappa shape index (κ3) is 5.06. The van der Waals surface area contributed by atoms with E-state index in [0.29, 0.717) is 18.2 Å². The van der Waals surface area contributed by atoms with Gasteiger partial charge in [-0.3, -0.25) is 5.32 Å². The largest absolute Gasteiger partial charge is 0.449 e. The average molecular weight is 429 g/mol. The van der Waals surface area contributed by atoms with Gasteiger partial charge >= 0.3 is 6.09 Å². The number of carbonyl (C=O) groups excluding carboxylic acids is 1. The maximum Gasteiger partial charge on any atom is 0.411 e. The summed E-state index contributed by atoms with van der Waals surface area (Å²) in [7, 11) is 0. The van der Waals surface area contributed by atoms with Crippen LogP contribution in [0.4, 0.5) is 20.6 Å². The molecule has 0 saturated carbocycles. The second kappa shape index (κ2) is 9.40. The number of nitrogen functional groups attached to an aromatic ring is 1. The number of hydrogen-bond donors (Lipinski definition) is 2. The summed E-state index contributed by atoms with van der Waals surface area (Å²) in [5.74, 6) is -0.0389. The molecule has 4 rings (SSSR count). The molecular weight excluding hydrogens is 403 g/mol. The summed E-state index contributed by atoms with van der Waals surface area (Å²) in [5, 5.41) is 3.75. The van der Waals surface area contributed by atoms with Crippen LogP contribution in [0.1, 0.15) is 30.2 Å². The fourth-order valence-corrected chi connectivity index (χ4v) is 4.82. The first-order chi connectivity index (χ1) is 14.6. The third-order valence-electron chi connectivity index (χ3n) is 5.35. The first-order valence-corrected chi connectivity index (χ1v) is 11.0. The molecule has 3 aromatic rings. The van der Waals surface area contributed by atoms with E-state index in [1.165, 1.54) is 27.9 Å². The predicted octanol–water partition coefficient (Wildman–Crippen LogP) is 4.84. The van der Waals surface area contributed by atoms with Crippen LogP contribution >= 0.6 is 11.3 Å². The van der Waals surface area contributed by atoms with Crippen LogP contribution in [0, 0.1) is 5.82 Å². The van der Waals surface area contributed by atoms with Crippen LogP contribution in [-0.4, -0.2) is 42.2 Å². The van der Waals surface area contributed by atoms with Gasteiger partial charge in [-0.05, 0) is 62.7 Å². The van der Waals surface area contributed by atoms with Gasteiger partial charge in [-0.15, -0.1) is 11.3 Å². The van der Waals surface area contributed by atoms with E-state index in [1.807, 2.05) is 17.4 Å². The van der Waals surface area contributed by atoms with Crippen molar-refractivity contribution >= 4 is 39.0 Å². The van der Waals surface area contributed by atoms with Gasteiger partial charge in [0, 0.05) is 18.2 Å². The Morgan fingerprint density at radius 2 is 2.07 bits per heavy atom. The molecule has 30 heavy (non-hydrogen) atoms. The number of aromatic nitrogens is 1. The lowest BCUT2D eigenvalue weighted by Crippen LogP contribution is -2.34. The number of hydrogen-bond acceptors (Lipinski definition) is 6. The van der Waals surface area contributed by atoms with Crippen LogP contribution in [0.2, 0.25) is 0 Å². The Balaban J connectivity index is 1.15. The number of thiazole rings is 1. The average Bonchev–Trinajstić information content (AvgIpc) is 3.19. The molecule has 0 aliphatic carbocycles. The van der Waals surface area contributed by atoms with Crippen LogP contribution in [0.3, 0.4) is 0 Å². The number of fused-ring (bicyclic) bond motifs is 1. The number of rotatable bonds is 6. The van der Waals surface area contributed by atoms with Crippen molar-refractivity contribution < 1.29 is 13.9 Å². The molecule has 1 aromatic heterocycles. The highest BCUT2D eigenvalue weighted by Gasteiger charge is 2.23. The molecule has 1 aliphatic rings. The van der Waals surface area contributed by atoms with E-state index in [0.717, 1.165) is 44.4 Å². The molecule has 0 bridgehead atoms. The van der Waals surface area contributed by atoms with Crippen molar-refractivity contribution in [3.05, 3.63) is 53.3 Å². The smallest absolute Gasteiger partial charge is 0.411 e. The van der Waals surface area contributed by atoms with Crippen molar-refractivity contribution in [3.8, 4) is 0 Å². The zero-order valence-corrected chi connectivity index (χ0v) is 17.5. The van der Waals surface area contributed by atoms with Gasteiger partial charge in [0.1, 0.15) is 5.82 Å². The maximum atomic E-state index is 13.4. The second-order valence-electron chi connectivity index (χ2n) is 7.49. The number of carbonyl (C=O) groups is 1. The van der Waals surface area contributed by atoms with Crippen molar-refractivity contribution in [2.45, 2.75) is 25.2 Å². The number of halogens is 1. The Labute approximate surface area is 178 Å². The van der Waals surface area contributed by atoms with Crippen molar-refractivity contribution in [3.63, 3.8) is 0 Å². The molecule has 0 atom stereocenters. The van der Waals surface area contributed by atoms with Crippen molar-refractivity contribution in [1.29, 1.82) is 0 Å². The lowest BCUT2D eigenvalue weighted by atomic mass is 9.97. The molecule has 0 spiro atoms. The van der Waals surface area contributed by atoms with Crippen LogP contribution in [0.5, 0.6) is 0 Å². The van der Waals surface area contributed by atoms with Gasteiger partial charge in [0.15, 0.2) is 0 Å². The molecule has 1 aliphatic heterocycles. The summed E-state index contributed by atoms with van der Waals surface area (Å²) < 4.78 is 19.9. The quantitative estimate of drug-likeness (QED) is 0.434. The molecule has 1 fully saturated rings. The minimum Gasteiger partial charge on any atom is -0.449 e. The molecule has 1 amide bonds. The van der Waals surface area contributed by atoms with Gasteiger partial charge in [0.2, 0.25) is 0 Å². The summed E-state index contributed by atoms with van der Waals surface area (Å²) in [6.07, 6.45) is 2.37. The Bertz CT molecular complexity index is 984. The monoisotopic (exact) mass is 428 g/mol. The summed E-state index contributed by atoms with van der Waals surface area (Å²) in [5.41, 5.74) is 6.88. The number of anilines is 2. The fourth-order valence-electron chi connectivity index (χ4n) is 3.68. The maximum absolute atomic E-state index is 13.4. The number of likely N-dealkylation sites (tertiary alicyclic amines) is 1. The van der Waals surface area contributed by atoms with Gasteiger partial charge in [-0.1, -0.05) is 12.1 Å². The van der Waals surface area contributed by atoms with E-state index in [1.54, 1.807) is 0 Å². The minimum absolute atomic E-state index is 0.0424. The van der Waals surface area contributed by atoms with E-state index >= 15 is 0 Å². The number of nitrogens with zero attached hydrogens (tertiary/aromatic N) is 2. The fraction of sp³-hybridized carbons (Fsp3) is 0.364. The van der Waals surface area contributed by atoms with Crippen LogP contribution in [-0.2, 0) is 4.74 Å². The lowest BCUT2D eigenvalue weighted by molar-refractivity contribution is 0.146. The number of piperidine rings is 1. The number of ether oxygens (including phenoxy) is 1. The third-order valence-corrected chi connectivity index (χ3v) is 6.54. The summed E-state index contributed by atoms with van der Waals surface area (Å²) in [4.78, 5) is 19.0. The van der Waals surface area contributed by atoms with Crippen molar-refractivity contribution in [2.24, 2.45) is 0 Å². The molecular formula is C22H25FN4O2S.